The fourth-order valence-electron chi connectivity index (χ4n) is 2.30. The first-order valence-electron chi connectivity index (χ1n) is 6.94. The summed E-state index contributed by atoms with van der Waals surface area (Å²) in [6.07, 6.45) is 0. The Morgan fingerprint density at radius 1 is 1.19 bits per heavy atom. The molecule has 0 aliphatic rings. The first-order valence-corrected chi connectivity index (χ1v) is 7.75. The molecule has 1 aromatic heterocycles. The lowest BCUT2D eigenvalue weighted by Crippen LogP contribution is -2.07. The van der Waals surface area contributed by atoms with Gasteiger partial charge in [-0.25, -0.2) is 4.98 Å². The second-order valence-corrected chi connectivity index (χ2v) is 6.13. The Morgan fingerprint density at radius 3 is 2.71 bits per heavy atom. The van der Waals surface area contributed by atoms with E-state index in [4.69, 9.17) is 9.72 Å². The maximum atomic E-state index is 5.24. The number of para-hydroxylation sites is 1. The van der Waals surface area contributed by atoms with Crippen molar-refractivity contribution in [3.05, 3.63) is 53.0 Å². The SMILES string of the molecule is COc1ccc(NC(C)c2nc3ccccc3s2)c(C)c1. The van der Waals surface area contributed by atoms with Gasteiger partial charge in [0.1, 0.15) is 10.8 Å². The Kier molecular flexibility index (Phi) is 3.80. The number of benzene rings is 2. The Labute approximate surface area is 128 Å². The zero-order chi connectivity index (χ0) is 14.8. The monoisotopic (exact) mass is 298 g/mol. The predicted molar refractivity (Wildman–Crippen MR) is 89.4 cm³/mol. The Morgan fingerprint density at radius 2 is 2.00 bits per heavy atom. The number of fused-ring (bicyclic) bond motifs is 1. The molecule has 3 aromatic rings. The summed E-state index contributed by atoms with van der Waals surface area (Å²) in [5, 5.41) is 4.63. The molecule has 0 saturated carbocycles. The summed E-state index contributed by atoms with van der Waals surface area (Å²) in [5.74, 6) is 0.880. The molecular weight excluding hydrogens is 280 g/mol. The van der Waals surface area contributed by atoms with Crippen molar-refractivity contribution in [3.63, 3.8) is 0 Å². The number of rotatable bonds is 4. The summed E-state index contributed by atoms with van der Waals surface area (Å²) < 4.78 is 6.47. The van der Waals surface area contributed by atoms with E-state index in [0.717, 1.165) is 22.0 Å². The number of hydrogen-bond acceptors (Lipinski definition) is 4. The van der Waals surface area contributed by atoms with Gasteiger partial charge in [0.2, 0.25) is 0 Å². The zero-order valence-electron chi connectivity index (χ0n) is 12.4. The van der Waals surface area contributed by atoms with Crippen molar-refractivity contribution in [3.8, 4) is 5.75 Å². The highest BCUT2D eigenvalue weighted by Gasteiger charge is 2.12. The van der Waals surface area contributed by atoms with Gasteiger partial charge in [-0.15, -0.1) is 11.3 Å². The van der Waals surface area contributed by atoms with Gasteiger partial charge in [0.05, 0.1) is 23.4 Å². The lowest BCUT2D eigenvalue weighted by Gasteiger charge is -2.15. The van der Waals surface area contributed by atoms with Gasteiger partial charge in [0.15, 0.2) is 0 Å². The summed E-state index contributed by atoms with van der Waals surface area (Å²) in [6, 6.07) is 14.5. The van der Waals surface area contributed by atoms with E-state index in [9.17, 15) is 0 Å². The molecule has 0 amide bonds. The molecule has 1 N–H and O–H groups in total. The maximum Gasteiger partial charge on any atom is 0.119 e. The molecule has 2 aromatic carbocycles. The van der Waals surface area contributed by atoms with Gasteiger partial charge >= 0.3 is 0 Å². The Hall–Kier alpha value is -2.07. The summed E-state index contributed by atoms with van der Waals surface area (Å²) in [5.41, 5.74) is 3.35. The van der Waals surface area contributed by atoms with Crippen molar-refractivity contribution >= 4 is 27.2 Å². The van der Waals surface area contributed by atoms with Crippen LogP contribution in [0.4, 0.5) is 5.69 Å². The Balaban J connectivity index is 1.84. The first-order chi connectivity index (χ1) is 10.2. The second-order valence-electron chi connectivity index (χ2n) is 5.07. The quantitative estimate of drug-likeness (QED) is 0.752. The molecule has 0 fully saturated rings. The van der Waals surface area contributed by atoms with E-state index >= 15 is 0 Å². The molecule has 4 heteroatoms. The van der Waals surface area contributed by atoms with Gasteiger partial charge < -0.3 is 10.1 Å². The molecule has 0 saturated heterocycles. The van der Waals surface area contributed by atoms with Crippen LogP contribution in [0.5, 0.6) is 5.75 Å². The van der Waals surface area contributed by atoms with E-state index < -0.39 is 0 Å². The Bertz CT molecular complexity index is 733. The third-order valence-corrected chi connectivity index (χ3v) is 4.71. The molecular formula is C17H18N2OS. The number of anilines is 1. The number of aryl methyl sites for hydroxylation is 1. The average Bonchev–Trinajstić information content (AvgIpc) is 2.93. The van der Waals surface area contributed by atoms with Gasteiger partial charge in [-0.2, -0.15) is 0 Å². The molecule has 1 atom stereocenters. The number of hydrogen-bond donors (Lipinski definition) is 1. The standard InChI is InChI=1S/C17H18N2OS/c1-11-10-13(20-3)8-9-14(11)18-12(2)17-19-15-6-4-5-7-16(15)21-17/h4-10,12,18H,1-3H3. The van der Waals surface area contributed by atoms with E-state index in [1.165, 1.54) is 10.3 Å². The van der Waals surface area contributed by atoms with Gasteiger partial charge in [-0.3, -0.25) is 0 Å². The molecule has 3 rings (SSSR count). The molecule has 0 aliphatic heterocycles. The van der Waals surface area contributed by atoms with E-state index in [-0.39, 0.29) is 6.04 Å². The maximum absolute atomic E-state index is 5.24. The summed E-state index contributed by atoms with van der Waals surface area (Å²) in [6.45, 7) is 4.22. The molecule has 3 nitrogen and oxygen atoms in total. The lowest BCUT2D eigenvalue weighted by molar-refractivity contribution is 0.414. The minimum Gasteiger partial charge on any atom is -0.497 e. The van der Waals surface area contributed by atoms with Crippen molar-refractivity contribution in [1.82, 2.24) is 4.98 Å². The van der Waals surface area contributed by atoms with Crippen molar-refractivity contribution in [2.24, 2.45) is 0 Å². The number of aromatic nitrogens is 1. The van der Waals surface area contributed by atoms with E-state index in [0.29, 0.717) is 0 Å². The zero-order valence-corrected chi connectivity index (χ0v) is 13.2. The van der Waals surface area contributed by atoms with Gasteiger partial charge in [-0.1, -0.05) is 12.1 Å². The fraction of sp³-hybridized carbons (Fsp3) is 0.235. The smallest absolute Gasteiger partial charge is 0.119 e. The lowest BCUT2D eigenvalue weighted by atomic mass is 10.1. The predicted octanol–water partition coefficient (Wildman–Crippen LogP) is 4.79. The van der Waals surface area contributed by atoms with Crippen LogP contribution in [0, 0.1) is 6.92 Å². The summed E-state index contributed by atoms with van der Waals surface area (Å²) in [4.78, 5) is 4.70. The number of ether oxygens (including phenoxy) is 1. The number of nitrogens with zero attached hydrogens (tertiary/aromatic N) is 1. The minimum atomic E-state index is 0.175. The highest BCUT2D eigenvalue weighted by atomic mass is 32.1. The van der Waals surface area contributed by atoms with Gasteiger partial charge in [0.25, 0.3) is 0 Å². The van der Waals surface area contributed by atoms with Crippen molar-refractivity contribution < 1.29 is 4.74 Å². The molecule has 21 heavy (non-hydrogen) atoms. The van der Waals surface area contributed by atoms with Crippen LogP contribution in [-0.2, 0) is 0 Å². The largest absolute Gasteiger partial charge is 0.497 e. The number of nitrogens with one attached hydrogen (secondary N) is 1. The van der Waals surface area contributed by atoms with Crippen molar-refractivity contribution in [2.45, 2.75) is 19.9 Å². The molecule has 1 unspecified atom stereocenters. The van der Waals surface area contributed by atoms with E-state index in [1.807, 2.05) is 18.2 Å². The molecule has 1 heterocycles. The van der Waals surface area contributed by atoms with E-state index in [2.05, 4.69) is 43.4 Å². The molecule has 0 radical (unpaired) electrons. The van der Waals surface area contributed by atoms with Crippen molar-refractivity contribution in [2.75, 3.05) is 12.4 Å². The van der Waals surface area contributed by atoms with Crippen LogP contribution in [0.3, 0.4) is 0 Å². The van der Waals surface area contributed by atoms with Crippen molar-refractivity contribution in [1.29, 1.82) is 0 Å². The highest BCUT2D eigenvalue weighted by Crippen LogP contribution is 2.30. The van der Waals surface area contributed by atoms with Crippen LogP contribution in [0.15, 0.2) is 42.5 Å². The third-order valence-electron chi connectivity index (χ3n) is 3.49. The normalized spacial score (nSPS) is 12.3. The highest BCUT2D eigenvalue weighted by molar-refractivity contribution is 7.18. The first kappa shape index (κ1) is 13.9. The van der Waals surface area contributed by atoms with Crippen LogP contribution < -0.4 is 10.1 Å². The van der Waals surface area contributed by atoms with Gasteiger partial charge in [0, 0.05) is 5.69 Å². The van der Waals surface area contributed by atoms with Crippen LogP contribution in [0.2, 0.25) is 0 Å². The van der Waals surface area contributed by atoms with E-state index in [1.54, 1.807) is 18.4 Å². The van der Waals surface area contributed by atoms with Crippen LogP contribution in [-0.4, -0.2) is 12.1 Å². The molecule has 0 bridgehead atoms. The molecule has 0 spiro atoms. The van der Waals surface area contributed by atoms with Crippen LogP contribution >= 0.6 is 11.3 Å². The molecule has 108 valence electrons. The topological polar surface area (TPSA) is 34.1 Å². The fourth-order valence-corrected chi connectivity index (χ4v) is 3.27. The number of thiazole rings is 1. The molecule has 0 aliphatic carbocycles. The second kappa shape index (κ2) is 5.74. The van der Waals surface area contributed by atoms with Gasteiger partial charge in [-0.05, 0) is 49.7 Å². The third kappa shape index (κ3) is 2.85. The number of methoxy groups -OCH3 is 1. The minimum absolute atomic E-state index is 0.175. The average molecular weight is 298 g/mol. The van der Waals surface area contributed by atoms with Crippen LogP contribution in [0.25, 0.3) is 10.2 Å². The van der Waals surface area contributed by atoms with Crippen LogP contribution in [0.1, 0.15) is 23.5 Å². The summed E-state index contributed by atoms with van der Waals surface area (Å²) >= 11 is 1.74. The summed E-state index contributed by atoms with van der Waals surface area (Å²) in [7, 11) is 1.69.